The van der Waals surface area contributed by atoms with Gasteiger partial charge in [0.2, 0.25) is 0 Å². The van der Waals surface area contributed by atoms with E-state index in [1.54, 1.807) is 12.1 Å². The van der Waals surface area contributed by atoms with Crippen molar-refractivity contribution in [3.05, 3.63) is 94.3 Å². The number of hydrogen-bond acceptors (Lipinski definition) is 2. The Balaban J connectivity index is 2.11. The Morgan fingerprint density at radius 3 is 1.57 bits per heavy atom. The van der Waals surface area contributed by atoms with Gasteiger partial charge in [-0.25, -0.2) is 13.3 Å². The van der Waals surface area contributed by atoms with E-state index in [1.165, 1.54) is 17.7 Å². The van der Waals surface area contributed by atoms with Gasteiger partial charge >= 0.3 is 0 Å². The van der Waals surface area contributed by atoms with E-state index in [4.69, 9.17) is 0 Å². The molecule has 0 spiro atoms. The third kappa shape index (κ3) is 6.39. The van der Waals surface area contributed by atoms with E-state index in [0.29, 0.717) is 5.92 Å². The van der Waals surface area contributed by atoms with Crippen molar-refractivity contribution in [2.75, 3.05) is 19.0 Å². The molecule has 0 radical (unpaired) electrons. The van der Waals surface area contributed by atoms with Crippen molar-refractivity contribution < 1.29 is 8.60 Å². The van der Waals surface area contributed by atoms with Crippen molar-refractivity contribution in [1.29, 1.82) is 0 Å². The van der Waals surface area contributed by atoms with E-state index in [-0.39, 0.29) is 23.7 Å². The number of nitrogens with zero attached hydrogens (tertiary/aromatic N) is 1. The third-order valence-corrected chi connectivity index (χ3v) is 7.73. The lowest BCUT2D eigenvalue weighted by Crippen LogP contribution is -2.27. The lowest BCUT2D eigenvalue weighted by molar-refractivity contribution is 0.625. The molecule has 0 bridgehead atoms. The van der Waals surface area contributed by atoms with Gasteiger partial charge in [-0.1, -0.05) is 77.9 Å². The Morgan fingerprint density at radius 1 is 0.714 bits per heavy atom. The highest BCUT2D eigenvalue weighted by Gasteiger charge is 2.25. The zero-order chi connectivity index (χ0) is 25.9. The molecule has 0 aliphatic rings. The van der Waals surface area contributed by atoms with Gasteiger partial charge in [-0.15, -0.1) is 0 Å². The van der Waals surface area contributed by atoms with Crippen LogP contribution in [0.25, 0.3) is 0 Å². The highest BCUT2D eigenvalue weighted by atomic mass is 32.2. The lowest BCUT2D eigenvalue weighted by Gasteiger charge is -2.25. The van der Waals surface area contributed by atoms with Crippen molar-refractivity contribution in [3.63, 3.8) is 0 Å². The minimum atomic E-state index is -1.47. The number of hydrogen-bond donors (Lipinski definition) is 1. The minimum Gasteiger partial charge on any atom is -0.378 e. The number of nitrogens with one attached hydrogen (secondary N) is 1. The zero-order valence-electron chi connectivity index (χ0n) is 22.2. The summed E-state index contributed by atoms with van der Waals surface area (Å²) in [6.45, 7) is 13.0. The average molecular weight is 495 g/mol. The molecule has 2 atom stereocenters. The van der Waals surface area contributed by atoms with Crippen LogP contribution in [0.3, 0.4) is 0 Å². The van der Waals surface area contributed by atoms with Crippen LogP contribution in [0, 0.1) is 5.82 Å². The average Bonchev–Trinajstić information content (AvgIpc) is 2.82. The van der Waals surface area contributed by atoms with Crippen molar-refractivity contribution in [3.8, 4) is 0 Å². The second kappa shape index (κ2) is 11.5. The summed E-state index contributed by atoms with van der Waals surface area (Å²) in [5.41, 5.74) is 6.44. The highest BCUT2D eigenvalue weighted by Crippen LogP contribution is 2.35. The maximum atomic E-state index is 14.1. The predicted octanol–water partition coefficient (Wildman–Crippen LogP) is 7.66. The Bertz CT molecular complexity index is 1120. The van der Waals surface area contributed by atoms with Crippen molar-refractivity contribution >= 4 is 16.7 Å². The fourth-order valence-electron chi connectivity index (χ4n) is 4.22. The first-order valence-corrected chi connectivity index (χ1v) is 13.5. The molecule has 0 saturated heterocycles. The molecule has 0 saturated carbocycles. The second-order valence-electron chi connectivity index (χ2n) is 10.3. The van der Waals surface area contributed by atoms with Crippen LogP contribution < -0.4 is 9.62 Å². The van der Waals surface area contributed by atoms with Crippen LogP contribution >= 0.6 is 0 Å². The summed E-state index contributed by atoms with van der Waals surface area (Å²) in [4.78, 5) is 2.92. The van der Waals surface area contributed by atoms with Crippen LogP contribution in [0.2, 0.25) is 0 Å². The molecule has 0 fully saturated rings. The molecular weight excluding hydrogens is 455 g/mol. The molecule has 0 aromatic heterocycles. The van der Waals surface area contributed by atoms with Gasteiger partial charge < -0.3 is 4.90 Å². The summed E-state index contributed by atoms with van der Waals surface area (Å²) >= 11 is 0. The van der Waals surface area contributed by atoms with E-state index < -0.39 is 11.0 Å². The molecular formula is C30H39FN2OS. The molecule has 35 heavy (non-hydrogen) atoms. The molecule has 188 valence electrons. The van der Waals surface area contributed by atoms with Gasteiger partial charge in [-0.3, -0.25) is 0 Å². The maximum Gasteiger partial charge on any atom is 0.126 e. The van der Waals surface area contributed by atoms with Gasteiger partial charge in [-0.05, 0) is 69.8 Å². The topological polar surface area (TPSA) is 32.3 Å². The maximum absolute atomic E-state index is 14.1. The summed E-state index contributed by atoms with van der Waals surface area (Å²) in [6.07, 6.45) is 0. The number of anilines is 1. The molecule has 5 heteroatoms. The van der Waals surface area contributed by atoms with Crippen LogP contribution in [-0.4, -0.2) is 18.3 Å². The highest BCUT2D eigenvalue weighted by molar-refractivity contribution is 7.83. The van der Waals surface area contributed by atoms with Crippen molar-refractivity contribution in [2.45, 2.75) is 70.2 Å². The van der Waals surface area contributed by atoms with Crippen molar-refractivity contribution in [1.82, 2.24) is 4.72 Å². The van der Waals surface area contributed by atoms with E-state index in [9.17, 15) is 8.60 Å². The Morgan fingerprint density at radius 2 is 1.17 bits per heavy atom. The van der Waals surface area contributed by atoms with E-state index in [0.717, 1.165) is 32.8 Å². The predicted molar refractivity (Wildman–Crippen MR) is 147 cm³/mol. The van der Waals surface area contributed by atoms with E-state index in [2.05, 4.69) is 58.4 Å². The van der Waals surface area contributed by atoms with Crippen LogP contribution in [0.4, 0.5) is 10.1 Å². The standard InChI is InChI=1S/C30H39FN2OS/c1-19(2)24-17-27(20(3)4)30(28(18-24)21(5)6)35(34)32-29(22-9-13-25(31)14-10-22)23-11-15-26(16-12-23)33(7)8/h9-21,29,32H,1-8H3/t29-,35?/m1/s1. The first kappa shape index (κ1) is 27.1. The molecule has 0 amide bonds. The van der Waals surface area contributed by atoms with Gasteiger partial charge in [0, 0.05) is 19.8 Å². The van der Waals surface area contributed by atoms with E-state index in [1.807, 2.05) is 43.3 Å². The zero-order valence-corrected chi connectivity index (χ0v) is 23.0. The monoisotopic (exact) mass is 494 g/mol. The van der Waals surface area contributed by atoms with Crippen molar-refractivity contribution in [2.24, 2.45) is 0 Å². The largest absolute Gasteiger partial charge is 0.378 e. The number of rotatable bonds is 9. The van der Waals surface area contributed by atoms with Crippen LogP contribution in [0.1, 0.15) is 93.2 Å². The van der Waals surface area contributed by atoms with Crippen LogP contribution in [0.5, 0.6) is 0 Å². The summed E-state index contributed by atoms with van der Waals surface area (Å²) in [5.74, 6) is 0.568. The molecule has 1 N–H and O–H groups in total. The summed E-state index contributed by atoms with van der Waals surface area (Å²) < 4.78 is 31.2. The fraction of sp³-hybridized carbons (Fsp3) is 0.400. The lowest BCUT2D eigenvalue weighted by atomic mass is 9.89. The molecule has 0 aliphatic heterocycles. The van der Waals surface area contributed by atoms with Gasteiger partial charge in [-0.2, -0.15) is 0 Å². The molecule has 3 aromatic rings. The summed E-state index contributed by atoms with van der Waals surface area (Å²) in [6, 6.07) is 18.7. The van der Waals surface area contributed by atoms with Gasteiger partial charge in [0.1, 0.15) is 16.8 Å². The Kier molecular flexibility index (Phi) is 8.89. The Labute approximate surface area is 213 Å². The van der Waals surface area contributed by atoms with Crippen LogP contribution in [-0.2, 0) is 11.0 Å². The molecule has 3 aromatic carbocycles. The van der Waals surface area contributed by atoms with Gasteiger partial charge in [0.25, 0.3) is 0 Å². The SMILES string of the molecule is CC(C)c1cc(C(C)C)c(S(=O)N[C@H](c2ccc(F)cc2)c2ccc(N(C)C)cc2)c(C(C)C)c1. The molecule has 1 unspecified atom stereocenters. The Hall–Kier alpha value is -2.50. The molecule has 0 aliphatic carbocycles. The molecule has 3 rings (SSSR count). The van der Waals surface area contributed by atoms with Gasteiger partial charge in [0.05, 0.1) is 10.9 Å². The van der Waals surface area contributed by atoms with Gasteiger partial charge in [0.15, 0.2) is 0 Å². The quantitative estimate of drug-likeness (QED) is 0.331. The first-order chi connectivity index (χ1) is 16.5. The minimum absolute atomic E-state index is 0.232. The second-order valence-corrected chi connectivity index (χ2v) is 11.5. The summed E-state index contributed by atoms with van der Waals surface area (Å²) in [7, 11) is 2.53. The fourth-order valence-corrected chi connectivity index (χ4v) is 5.84. The third-order valence-electron chi connectivity index (χ3n) is 6.44. The summed E-state index contributed by atoms with van der Waals surface area (Å²) in [5, 5.41) is 0. The van der Waals surface area contributed by atoms with Crippen LogP contribution in [0.15, 0.2) is 65.6 Å². The smallest absolute Gasteiger partial charge is 0.126 e. The number of halogens is 1. The first-order valence-electron chi connectivity index (χ1n) is 12.4. The van der Waals surface area contributed by atoms with E-state index >= 15 is 0 Å². The molecule has 3 nitrogen and oxygen atoms in total. The normalized spacial score (nSPS) is 13.5. The molecule has 0 heterocycles. The number of benzene rings is 3.